The molecule has 1 fully saturated rings. The van der Waals surface area contributed by atoms with Gasteiger partial charge in [-0.15, -0.1) is 0 Å². The van der Waals surface area contributed by atoms with Crippen LogP contribution in [0.4, 0.5) is 4.39 Å². The summed E-state index contributed by atoms with van der Waals surface area (Å²) in [7, 11) is 1.64. The molecule has 4 aromatic rings. The molecule has 0 bridgehead atoms. The zero-order valence-electron chi connectivity index (χ0n) is 19.3. The maximum atomic E-state index is 13.8. The molecule has 0 radical (unpaired) electrons. The number of aromatic amines is 1. The van der Waals surface area contributed by atoms with Crippen molar-refractivity contribution in [2.24, 2.45) is 0 Å². The predicted molar refractivity (Wildman–Crippen MR) is 125 cm³/mol. The van der Waals surface area contributed by atoms with Crippen molar-refractivity contribution in [3.8, 4) is 5.69 Å². The smallest absolute Gasteiger partial charge is 0.335 e. The van der Waals surface area contributed by atoms with E-state index in [9.17, 15) is 19.4 Å². The van der Waals surface area contributed by atoms with Gasteiger partial charge in [0.1, 0.15) is 5.82 Å². The van der Waals surface area contributed by atoms with Crippen molar-refractivity contribution >= 4 is 28.0 Å². The normalized spacial score (nSPS) is 21.0. The Morgan fingerprint density at radius 1 is 1.35 bits per heavy atom. The van der Waals surface area contributed by atoms with E-state index in [0.717, 1.165) is 27.8 Å². The summed E-state index contributed by atoms with van der Waals surface area (Å²) in [6, 6.07) is 8.24. The van der Waals surface area contributed by atoms with Crippen molar-refractivity contribution < 1.29 is 24.1 Å². The van der Waals surface area contributed by atoms with Crippen LogP contribution in [-0.2, 0) is 14.9 Å². The molecule has 0 amide bonds. The third-order valence-corrected chi connectivity index (χ3v) is 6.91. The van der Waals surface area contributed by atoms with Crippen molar-refractivity contribution in [1.29, 1.82) is 0 Å². The maximum absolute atomic E-state index is 13.8. The molecular weight excluding hydrogens is 439 g/mol. The number of aromatic nitrogens is 4. The Morgan fingerprint density at radius 3 is 2.74 bits per heavy atom. The first-order chi connectivity index (χ1) is 16.1. The summed E-state index contributed by atoms with van der Waals surface area (Å²) < 4.78 is 21.4. The SMILES string of the molecule is COCC(C)(C)c1c(C2CC[C@@](O)(C(=O)O)C2)c2nc3[nH]ncc3cc2n1-c1ccc(F)cc1. The molecule has 8 nitrogen and oxygen atoms in total. The molecule has 178 valence electrons. The van der Waals surface area contributed by atoms with Crippen LogP contribution in [0.2, 0.25) is 0 Å². The van der Waals surface area contributed by atoms with Crippen molar-refractivity contribution in [3.63, 3.8) is 0 Å². The highest BCUT2D eigenvalue weighted by molar-refractivity contribution is 5.94. The highest BCUT2D eigenvalue weighted by Gasteiger charge is 2.47. The molecule has 0 saturated heterocycles. The molecule has 1 aromatic carbocycles. The number of benzene rings is 1. The van der Waals surface area contributed by atoms with Crippen LogP contribution >= 0.6 is 0 Å². The van der Waals surface area contributed by atoms with Crippen molar-refractivity contribution in [3.05, 3.63) is 53.6 Å². The minimum Gasteiger partial charge on any atom is -0.479 e. The molecule has 0 aliphatic heterocycles. The highest BCUT2D eigenvalue weighted by atomic mass is 19.1. The molecule has 0 spiro atoms. The summed E-state index contributed by atoms with van der Waals surface area (Å²) in [4.78, 5) is 16.7. The van der Waals surface area contributed by atoms with Gasteiger partial charge in [-0.2, -0.15) is 5.10 Å². The number of nitrogens with zero attached hydrogens (tertiary/aromatic N) is 3. The number of carboxylic acid groups (broad SMARTS) is 1. The number of carbonyl (C=O) groups is 1. The van der Waals surface area contributed by atoms with Gasteiger partial charge >= 0.3 is 5.97 Å². The van der Waals surface area contributed by atoms with Gasteiger partial charge in [0, 0.05) is 34.9 Å². The first-order valence-electron chi connectivity index (χ1n) is 11.2. The van der Waals surface area contributed by atoms with E-state index >= 15 is 0 Å². The zero-order chi connectivity index (χ0) is 24.3. The Labute approximate surface area is 195 Å². The van der Waals surface area contributed by atoms with E-state index in [2.05, 4.69) is 28.6 Å². The minimum atomic E-state index is -1.78. The third kappa shape index (κ3) is 3.47. The van der Waals surface area contributed by atoms with Crippen LogP contribution in [0.1, 0.15) is 50.3 Å². The second-order valence-corrected chi connectivity index (χ2v) is 9.83. The van der Waals surface area contributed by atoms with Crippen LogP contribution in [0, 0.1) is 5.82 Å². The van der Waals surface area contributed by atoms with Gasteiger partial charge < -0.3 is 19.5 Å². The van der Waals surface area contributed by atoms with E-state index in [4.69, 9.17) is 9.72 Å². The predicted octanol–water partition coefficient (Wildman–Crippen LogP) is 4.05. The lowest BCUT2D eigenvalue weighted by atomic mass is 9.82. The van der Waals surface area contributed by atoms with Crippen LogP contribution in [-0.4, -0.2) is 55.2 Å². The van der Waals surface area contributed by atoms with Crippen LogP contribution < -0.4 is 0 Å². The van der Waals surface area contributed by atoms with Crippen LogP contribution in [0.5, 0.6) is 0 Å². The number of aliphatic hydroxyl groups is 1. The number of pyridine rings is 1. The van der Waals surface area contributed by atoms with Gasteiger partial charge in [0.15, 0.2) is 11.2 Å². The van der Waals surface area contributed by atoms with E-state index in [1.54, 1.807) is 25.4 Å². The number of hydrogen-bond acceptors (Lipinski definition) is 5. The monoisotopic (exact) mass is 466 g/mol. The lowest BCUT2D eigenvalue weighted by Gasteiger charge is -2.29. The summed E-state index contributed by atoms with van der Waals surface area (Å²) >= 11 is 0. The minimum absolute atomic E-state index is 0.0869. The van der Waals surface area contributed by atoms with Gasteiger partial charge in [-0.25, -0.2) is 14.2 Å². The first-order valence-corrected chi connectivity index (χ1v) is 11.2. The average molecular weight is 467 g/mol. The Bertz CT molecular complexity index is 1390. The highest BCUT2D eigenvalue weighted by Crippen LogP contribution is 2.48. The van der Waals surface area contributed by atoms with E-state index in [1.165, 1.54) is 12.1 Å². The molecule has 3 heterocycles. The van der Waals surface area contributed by atoms with Crippen LogP contribution in [0.15, 0.2) is 36.5 Å². The lowest BCUT2D eigenvalue weighted by molar-refractivity contribution is -0.157. The molecule has 1 aliphatic rings. The van der Waals surface area contributed by atoms with E-state index in [-0.39, 0.29) is 24.6 Å². The number of halogens is 1. The summed E-state index contributed by atoms with van der Waals surface area (Å²) in [6.45, 7) is 4.51. The first kappa shape index (κ1) is 22.5. The quantitative estimate of drug-likeness (QED) is 0.395. The number of nitrogens with one attached hydrogen (secondary N) is 1. The van der Waals surface area contributed by atoms with E-state index in [1.807, 2.05) is 6.07 Å². The molecule has 1 unspecified atom stereocenters. The van der Waals surface area contributed by atoms with Crippen molar-refractivity contribution in [2.75, 3.05) is 13.7 Å². The van der Waals surface area contributed by atoms with Gasteiger partial charge in [0.05, 0.1) is 23.8 Å². The van der Waals surface area contributed by atoms with Gasteiger partial charge in [-0.3, -0.25) is 5.10 Å². The van der Waals surface area contributed by atoms with Crippen LogP contribution in [0.3, 0.4) is 0 Å². The summed E-state index contributed by atoms with van der Waals surface area (Å²) in [5, 5.41) is 28.2. The molecule has 5 rings (SSSR count). The van der Waals surface area contributed by atoms with E-state index in [0.29, 0.717) is 24.2 Å². The topological polar surface area (TPSA) is 113 Å². The second kappa shape index (κ2) is 7.89. The average Bonchev–Trinajstić information content (AvgIpc) is 3.48. The number of aliphatic carboxylic acids is 1. The molecular formula is C25H27FN4O4. The summed E-state index contributed by atoms with van der Waals surface area (Å²) in [5.41, 5.74) is 2.39. The number of H-pyrrole nitrogens is 1. The Hall–Kier alpha value is -3.30. The molecule has 3 N–H and O–H groups in total. The maximum Gasteiger partial charge on any atom is 0.335 e. The largest absolute Gasteiger partial charge is 0.479 e. The molecule has 1 aliphatic carbocycles. The second-order valence-electron chi connectivity index (χ2n) is 9.83. The Morgan fingerprint density at radius 2 is 2.09 bits per heavy atom. The number of methoxy groups -OCH3 is 1. The van der Waals surface area contributed by atoms with Gasteiger partial charge in [0.2, 0.25) is 0 Å². The molecule has 9 heteroatoms. The fourth-order valence-electron chi connectivity index (χ4n) is 5.40. The van der Waals surface area contributed by atoms with Crippen LogP contribution in [0.25, 0.3) is 27.8 Å². The number of ether oxygens (including phenoxy) is 1. The Balaban J connectivity index is 1.87. The van der Waals surface area contributed by atoms with Gasteiger partial charge in [-0.05, 0) is 55.5 Å². The van der Waals surface area contributed by atoms with Crippen molar-refractivity contribution in [1.82, 2.24) is 19.7 Å². The number of hydrogen-bond donors (Lipinski definition) is 3. The fraction of sp³-hybridized carbons (Fsp3) is 0.400. The number of rotatable bonds is 6. The number of carboxylic acids is 1. The third-order valence-electron chi connectivity index (χ3n) is 6.91. The van der Waals surface area contributed by atoms with E-state index < -0.39 is 17.0 Å². The molecule has 1 saturated carbocycles. The number of fused-ring (bicyclic) bond motifs is 2. The summed E-state index contributed by atoms with van der Waals surface area (Å²) in [6.07, 6.45) is 2.45. The van der Waals surface area contributed by atoms with Gasteiger partial charge in [0.25, 0.3) is 0 Å². The Kier molecular flexibility index (Phi) is 5.22. The summed E-state index contributed by atoms with van der Waals surface area (Å²) in [5.74, 6) is -1.78. The van der Waals surface area contributed by atoms with Crippen molar-refractivity contribution in [2.45, 2.75) is 50.0 Å². The lowest BCUT2D eigenvalue weighted by Crippen LogP contribution is -2.35. The molecule has 3 aromatic heterocycles. The molecule has 2 atom stereocenters. The fourth-order valence-corrected chi connectivity index (χ4v) is 5.40. The standard InChI is InChI=1S/C25H27FN4O4/c1-24(2,13-34-3)21-19(14-8-9-25(33,11-14)23(31)32)20-18(10-15-12-27-29-22(15)28-20)30(21)17-6-4-16(26)5-7-17/h4-7,10,12,14,33H,8-9,11,13H2,1-3H3,(H,31,32)(H,27,28,29)/t14?,25-/m0/s1. The molecule has 34 heavy (non-hydrogen) atoms. The zero-order valence-corrected chi connectivity index (χ0v) is 19.3. The van der Waals surface area contributed by atoms with Gasteiger partial charge in [-0.1, -0.05) is 13.8 Å².